The third-order valence-corrected chi connectivity index (χ3v) is 8.77. The van der Waals surface area contributed by atoms with Gasteiger partial charge in [0.05, 0.1) is 23.0 Å². The number of carbonyl (C=O) groups is 2. The van der Waals surface area contributed by atoms with Gasteiger partial charge >= 0.3 is 5.97 Å². The first-order valence-corrected chi connectivity index (χ1v) is 14.3. The lowest BCUT2D eigenvalue weighted by atomic mass is 9.94. The summed E-state index contributed by atoms with van der Waals surface area (Å²) in [7, 11) is 0. The molecule has 196 valence electrons. The van der Waals surface area contributed by atoms with Crippen molar-refractivity contribution in [3.8, 4) is 0 Å². The average Bonchev–Trinajstić information content (AvgIpc) is 3.19. The first-order valence-electron chi connectivity index (χ1n) is 13.1. The van der Waals surface area contributed by atoms with Crippen molar-refractivity contribution in [2.45, 2.75) is 64.8 Å². The van der Waals surface area contributed by atoms with Crippen LogP contribution in [0.15, 0.2) is 28.0 Å². The molecular formula is C27H32N4O4S2. The Morgan fingerprint density at radius 2 is 2.00 bits per heavy atom. The van der Waals surface area contributed by atoms with Gasteiger partial charge in [-0.25, -0.2) is 4.98 Å². The lowest BCUT2D eigenvalue weighted by Crippen LogP contribution is -2.41. The van der Waals surface area contributed by atoms with Crippen molar-refractivity contribution in [2.75, 3.05) is 24.6 Å². The minimum atomic E-state index is -0.289. The number of aryl methyl sites for hydroxylation is 1. The van der Waals surface area contributed by atoms with Crippen LogP contribution in [0.2, 0.25) is 0 Å². The summed E-state index contributed by atoms with van der Waals surface area (Å²) < 4.78 is 7.36. The maximum atomic E-state index is 13.8. The number of fused-ring (bicyclic) bond motifs is 1. The number of amides is 1. The average molecular weight is 541 g/mol. The van der Waals surface area contributed by atoms with Crippen LogP contribution in [0.5, 0.6) is 0 Å². The molecule has 0 radical (unpaired) electrons. The minimum Gasteiger partial charge on any atom is -0.466 e. The first-order chi connectivity index (χ1) is 17.9. The molecule has 1 atom stereocenters. The summed E-state index contributed by atoms with van der Waals surface area (Å²) in [6, 6.07) is 3.85. The lowest BCUT2D eigenvalue weighted by molar-refractivity contribution is -0.148. The van der Waals surface area contributed by atoms with E-state index < -0.39 is 0 Å². The number of carbonyl (C=O) groups excluding carboxylic acids is 2. The molecule has 0 aromatic carbocycles. The van der Waals surface area contributed by atoms with Gasteiger partial charge in [0.15, 0.2) is 0 Å². The third-order valence-electron chi connectivity index (χ3n) is 7.44. The fourth-order valence-corrected chi connectivity index (χ4v) is 6.94. The molecule has 1 saturated carbocycles. The molecule has 10 heteroatoms. The summed E-state index contributed by atoms with van der Waals surface area (Å²) >= 11 is 6.87. The Bertz CT molecular complexity index is 1330. The van der Waals surface area contributed by atoms with Crippen molar-refractivity contribution in [3.05, 3.63) is 44.7 Å². The fraction of sp³-hybridized carbons (Fsp3) is 0.519. The SMILES string of the molecule is CCOC(=O)[C@@H]1CCCN(c2nc3c(C)cccn3c(=O)c2/C=C2\SC(=S)N(C3CCCCC3)C2=O)C1. The predicted molar refractivity (Wildman–Crippen MR) is 150 cm³/mol. The Hall–Kier alpha value is -2.72. The number of rotatable bonds is 5. The predicted octanol–water partition coefficient (Wildman–Crippen LogP) is 4.32. The molecular weight excluding hydrogens is 508 g/mol. The van der Waals surface area contributed by atoms with Crippen molar-refractivity contribution in [3.63, 3.8) is 0 Å². The number of anilines is 1. The van der Waals surface area contributed by atoms with Gasteiger partial charge in [0.1, 0.15) is 15.8 Å². The molecule has 0 unspecified atom stereocenters. The molecule has 8 nitrogen and oxygen atoms in total. The van der Waals surface area contributed by atoms with Crippen molar-refractivity contribution in [2.24, 2.45) is 5.92 Å². The van der Waals surface area contributed by atoms with Gasteiger partial charge in [-0.15, -0.1) is 0 Å². The highest BCUT2D eigenvalue weighted by molar-refractivity contribution is 8.26. The highest BCUT2D eigenvalue weighted by atomic mass is 32.2. The molecule has 1 aliphatic carbocycles. The van der Waals surface area contributed by atoms with Crippen LogP contribution in [0, 0.1) is 12.8 Å². The van der Waals surface area contributed by atoms with E-state index in [0.717, 1.165) is 44.1 Å². The molecule has 2 aromatic rings. The van der Waals surface area contributed by atoms with Crippen LogP contribution in [-0.4, -0.2) is 56.2 Å². The molecule has 3 aliphatic rings. The highest BCUT2D eigenvalue weighted by Gasteiger charge is 2.38. The first kappa shape index (κ1) is 25.9. The Balaban J connectivity index is 1.57. The largest absolute Gasteiger partial charge is 0.466 e. The van der Waals surface area contributed by atoms with E-state index in [9.17, 15) is 14.4 Å². The number of aromatic nitrogens is 2. The molecule has 1 amide bonds. The van der Waals surface area contributed by atoms with Crippen LogP contribution in [0.25, 0.3) is 11.7 Å². The molecule has 2 aromatic heterocycles. The molecule has 2 saturated heterocycles. The fourth-order valence-electron chi connectivity index (χ4n) is 5.55. The van der Waals surface area contributed by atoms with Crippen molar-refractivity contribution in [1.82, 2.24) is 14.3 Å². The molecule has 4 heterocycles. The minimum absolute atomic E-state index is 0.123. The molecule has 0 bridgehead atoms. The summed E-state index contributed by atoms with van der Waals surface area (Å²) in [6.45, 7) is 5.12. The van der Waals surface area contributed by atoms with Crippen molar-refractivity contribution >= 4 is 57.7 Å². The number of esters is 1. The van der Waals surface area contributed by atoms with E-state index in [4.69, 9.17) is 21.9 Å². The number of hydrogen-bond donors (Lipinski definition) is 0. The van der Waals surface area contributed by atoms with Gasteiger partial charge in [-0.2, -0.15) is 0 Å². The summed E-state index contributed by atoms with van der Waals surface area (Å²) in [5.74, 6) is -0.153. The molecule has 37 heavy (non-hydrogen) atoms. The Labute approximate surface area is 226 Å². The second kappa shape index (κ2) is 10.9. The molecule has 0 N–H and O–H groups in total. The zero-order valence-electron chi connectivity index (χ0n) is 21.3. The second-order valence-electron chi connectivity index (χ2n) is 9.92. The van der Waals surface area contributed by atoms with Crippen molar-refractivity contribution in [1.29, 1.82) is 0 Å². The van der Waals surface area contributed by atoms with Crippen LogP contribution in [0.1, 0.15) is 63.0 Å². The van der Waals surface area contributed by atoms with Gasteiger partial charge < -0.3 is 9.64 Å². The molecule has 5 rings (SSSR count). The number of ether oxygens (including phenoxy) is 1. The standard InChI is InChI=1S/C27H32N4O4S2/c1-3-35-26(34)18-10-8-13-29(16-18)23-20(24(32)30-14-7-9-17(2)22(30)28-23)15-21-25(33)31(27(36)37-21)19-11-5-4-6-12-19/h7,9,14-15,18-19H,3-6,8,10-13,16H2,1-2H3/b21-15-/t18-/m1/s1. The van der Waals surface area contributed by atoms with E-state index in [-0.39, 0.29) is 29.4 Å². The zero-order valence-corrected chi connectivity index (χ0v) is 22.9. The number of hydrogen-bond acceptors (Lipinski definition) is 8. The number of nitrogens with zero attached hydrogens (tertiary/aromatic N) is 4. The van der Waals surface area contributed by atoms with Gasteiger partial charge in [-0.3, -0.25) is 23.7 Å². The zero-order chi connectivity index (χ0) is 26.1. The van der Waals surface area contributed by atoms with Gasteiger partial charge in [0.2, 0.25) is 0 Å². The van der Waals surface area contributed by atoms with Gasteiger partial charge in [0.25, 0.3) is 11.5 Å². The van der Waals surface area contributed by atoms with E-state index in [0.29, 0.717) is 46.0 Å². The van der Waals surface area contributed by atoms with Gasteiger partial charge in [0, 0.05) is 25.3 Å². The second-order valence-corrected chi connectivity index (χ2v) is 11.6. The highest BCUT2D eigenvalue weighted by Crippen LogP contribution is 2.38. The summed E-state index contributed by atoms with van der Waals surface area (Å²) in [6.07, 6.45) is 10.2. The molecule has 0 spiro atoms. The van der Waals surface area contributed by atoms with E-state index in [1.165, 1.54) is 22.6 Å². The van der Waals surface area contributed by atoms with Crippen molar-refractivity contribution < 1.29 is 14.3 Å². The topological polar surface area (TPSA) is 84.2 Å². The smallest absolute Gasteiger partial charge is 0.310 e. The lowest BCUT2D eigenvalue weighted by Gasteiger charge is -2.33. The van der Waals surface area contributed by atoms with Gasteiger partial charge in [-0.1, -0.05) is 49.3 Å². The molecule has 2 aliphatic heterocycles. The van der Waals surface area contributed by atoms with E-state index >= 15 is 0 Å². The number of thioether (sulfide) groups is 1. The number of piperidine rings is 1. The van der Waals surface area contributed by atoms with E-state index in [2.05, 4.69) is 0 Å². The van der Waals surface area contributed by atoms with Crippen LogP contribution in [0.4, 0.5) is 5.82 Å². The van der Waals surface area contributed by atoms with Crippen LogP contribution < -0.4 is 10.5 Å². The Morgan fingerprint density at radius 1 is 1.22 bits per heavy atom. The van der Waals surface area contributed by atoms with E-state index in [1.54, 1.807) is 24.1 Å². The van der Waals surface area contributed by atoms with E-state index in [1.807, 2.05) is 24.0 Å². The Kier molecular flexibility index (Phi) is 7.67. The normalized spacial score (nSPS) is 22.3. The maximum absolute atomic E-state index is 13.8. The summed E-state index contributed by atoms with van der Waals surface area (Å²) in [4.78, 5) is 48.9. The number of pyridine rings is 1. The summed E-state index contributed by atoms with van der Waals surface area (Å²) in [5.41, 5.74) is 1.53. The monoisotopic (exact) mass is 540 g/mol. The van der Waals surface area contributed by atoms with Crippen LogP contribution >= 0.6 is 24.0 Å². The summed E-state index contributed by atoms with van der Waals surface area (Å²) in [5, 5.41) is 0. The molecule has 3 fully saturated rings. The number of thiocarbonyl (C=S) groups is 1. The van der Waals surface area contributed by atoms with Gasteiger partial charge in [-0.05, 0) is 57.2 Å². The Morgan fingerprint density at radius 3 is 2.76 bits per heavy atom. The third kappa shape index (κ3) is 5.05. The van der Waals surface area contributed by atoms with Crippen LogP contribution in [0.3, 0.4) is 0 Å². The maximum Gasteiger partial charge on any atom is 0.310 e. The quantitative estimate of drug-likeness (QED) is 0.315. The van der Waals surface area contributed by atoms with Crippen LogP contribution in [-0.2, 0) is 14.3 Å².